The molecule has 0 aliphatic heterocycles. The molecule has 0 unspecified atom stereocenters. The average molecular weight is 334 g/mol. The molecule has 3 rings (SSSR count). The highest BCUT2D eigenvalue weighted by molar-refractivity contribution is 7.80. The molecule has 2 aromatic rings. The summed E-state index contributed by atoms with van der Waals surface area (Å²) in [4.78, 5) is 6.89. The number of aromatic nitrogens is 1. The molecule has 0 bridgehead atoms. The molecule has 0 spiro atoms. The van der Waals surface area contributed by atoms with Crippen LogP contribution >= 0.6 is 23.6 Å². The van der Waals surface area contributed by atoms with Crippen molar-refractivity contribution in [2.75, 3.05) is 7.05 Å². The summed E-state index contributed by atoms with van der Waals surface area (Å²) in [7, 11) is 2.06. The molecule has 0 radical (unpaired) electrons. The third-order valence-corrected chi connectivity index (χ3v) is 6.11. The molecule has 118 valence electrons. The Labute approximate surface area is 141 Å². The fraction of sp³-hybridized carbons (Fsp3) is 0.529. The first-order valence-corrected chi connectivity index (χ1v) is 9.26. The molecule has 1 N–H and O–H groups in total. The Morgan fingerprint density at radius 2 is 2.05 bits per heavy atom. The largest absolute Gasteiger partial charge is 0.360 e. The Bertz CT molecular complexity index is 613. The first kappa shape index (κ1) is 15.7. The van der Waals surface area contributed by atoms with Gasteiger partial charge in [0.25, 0.3) is 0 Å². The average Bonchev–Trinajstić information content (AvgIpc) is 2.98. The first-order valence-electron chi connectivity index (χ1n) is 8.04. The summed E-state index contributed by atoms with van der Waals surface area (Å²) >= 11 is 7.36. The predicted molar refractivity (Wildman–Crippen MR) is 98.4 cm³/mol. The highest BCUT2D eigenvalue weighted by atomic mass is 32.1. The summed E-state index contributed by atoms with van der Waals surface area (Å²) < 4.78 is 1.24. The second-order valence-corrected chi connectivity index (χ2v) is 7.54. The maximum absolute atomic E-state index is 5.61. The lowest BCUT2D eigenvalue weighted by Gasteiger charge is -2.31. The molecule has 0 saturated heterocycles. The standard InChI is InChI=1S/C17H23N3S2/c1-12(16-19-14-10-6-7-11-15(14)22-16)20(2)17(21)18-13-8-4-3-5-9-13/h6-7,10-13H,3-5,8-9H2,1-2H3,(H,18,21)/t12-/m0/s1. The van der Waals surface area contributed by atoms with Crippen molar-refractivity contribution < 1.29 is 0 Å². The molecule has 1 heterocycles. The lowest BCUT2D eigenvalue weighted by Crippen LogP contribution is -2.44. The lowest BCUT2D eigenvalue weighted by atomic mass is 9.96. The zero-order chi connectivity index (χ0) is 15.5. The number of benzene rings is 1. The highest BCUT2D eigenvalue weighted by Crippen LogP contribution is 2.29. The third-order valence-electron chi connectivity index (χ3n) is 4.50. The van der Waals surface area contributed by atoms with Gasteiger partial charge < -0.3 is 10.2 Å². The van der Waals surface area contributed by atoms with Crippen LogP contribution in [-0.4, -0.2) is 28.1 Å². The van der Waals surface area contributed by atoms with E-state index in [0.29, 0.717) is 6.04 Å². The molecule has 0 amide bonds. The first-order chi connectivity index (χ1) is 10.6. The summed E-state index contributed by atoms with van der Waals surface area (Å²) in [5.74, 6) is 0. The normalized spacial score (nSPS) is 17.4. The summed E-state index contributed by atoms with van der Waals surface area (Å²) in [5.41, 5.74) is 1.08. The van der Waals surface area contributed by atoms with E-state index < -0.39 is 0 Å². The van der Waals surface area contributed by atoms with Gasteiger partial charge in [-0.25, -0.2) is 4.98 Å². The maximum Gasteiger partial charge on any atom is 0.169 e. The number of hydrogen-bond donors (Lipinski definition) is 1. The van der Waals surface area contributed by atoms with Crippen molar-refractivity contribution in [3.8, 4) is 0 Å². The Hall–Kier alpha value is -1.20. The minimum atomic E-state index is 0.195. The van der Waals surface area contributed by atoms with Gasteiger partial charge in [-0.2, -0.15) is 0 Å². The number of hydrogen-bond acceptors (Lipinski definition) is 3. The molecular formula is C17H23N3S2. The quantitative estimate of drug-likeness (QED) is 0.837. The molecule has 5 heteroatoms. The van der Waals surface area contributed by atoms with Crippen LogP contribution in [0.25, 0.3) is 10.2 Å². The van der Waals surface area contributed by atoms with Crippen LogP contribution in [0.3, 0.4) is 0 Å². The van der Waals surface area contributed by atoms with Crippen LogP contribution in [-0.2, 0) is 0 Å². The number of fused-ring (bicyclic) bond motifs is 1. The Balaban J connectivity index is 1.67. The SMILES string of the molecule is C[C@@H](c1nc2ccccc2s1)N(C)C(=S)NC1CCCCC1. The van der Waals surface area contributed by atoms with Gasteiger partial charge in [0.1, 0.15) is 5.01 Å². The fourth-order valence-corrected chi connectivity index (χ4v) is 4.32. The van der Waals surface area contributed by atoms with Gasteiger partial charge in [-0.05, 0) is 44.1 Å². The van der Waals surface area contributed by atoms with Crippen molar-refractivity contribution >= 4 is 38.9 Å². The molecule has 3 nitrogen and oxygen atoms in total. The third kappa shape index (κ3) is 3.41. The van der Waals surface area contributed by atoms with E-state index in [1.807, 2.05) is 6.07 Å². The van der Waals surface area contributed by atoms with Crippen molar-refractivity contribution in [3.05, 3.63) is 29.3 Å². The van der Waals surface area contributed by atoms with Crippen LogP contribution in [0.1, 0.15) is 50.1 Å². The zero-order valence-electron chi connectivity index (χ0n) is 13.2. The van der Waals surface area contributed by atoms with E-state index in [1.165, 1.54) is 36.8 Å². The second-order valence-electron chi connectivity index (χ2n) is 6.09. The van der Waals surface area contributed by atoms with Gasteiger partial charge in [0.2, 0.25) is 0 Å². The zero-order valence-corrected chi connectivity index (χ0v) is 14.8. The molecule has 1 aliphatic rings. The molecule has 1 aromatic heterocycles. The van der Waals surface area contributed by atoms with Crippen molar-refractivity contribution in [1.82, 2.24) is 15.2 Å². The molecule has 1 aromatic carbocycles. The van der Waals surface area contributed by atoms with Gasteiger partial charge in [-0.3, -0.25) is 0 Å². The van der Waals surface area contributed by atoms with Crippen molar-refractivity contribution in [3.63, 3.8) is 0 Å². The van der Waals surface area contributed by atoms with E-state index in [4.69, 9.17) is 17.2 Å². The van der Waals surface area contributed by atoms with Crippen LogP contribution in [0.5, 0.6) is 0 Å². The molecule has 1 aliphatic carbocycles. The molecule has 1 fully saturated rings. The maximum atomic E-state index is 5.61. The van der Waals surface area contributed by atoms with Crippen LogP contribution in [0.2, 0.25) is 0 Å². The Morgan fingerprint density at radius 1 is 1.32 bits per heavy atom. The van der Waals surface area contributed by atoms with Crippen LogP contribution in [0, 0.1) is 0 Å². The van der Waals surface area contributed by atoms with E-state index in [1.54, 1.807) is 11.3 Å². The van der Waals surface area contributed by atoms with E-state index in [0.717, 1.165) is 15.6 Å². The lowest BCUT2D eigenvalue weighted by molar-refractivity contribution is 0.362. The Kier molecular flexibility index (Phi) is 4.93. The number of nitrogens with zero attached hydrogens (tertiary/aromatic N) is 2. The fourth-order valence-electron chi connectivity index (χ4n) is 2.93. The van der Waals surface area contributed by atoms with E-state index in [2.05, 4.69) is 42.4 Å². The monoisotopic (exact) mass is 333 g/mol. The minimum Gasteiger partial charge on any atom is -0.360 e. The van der Waals surface area contributed by atoms with Gasteiger partial charge in [0.05, 0.1) is 16.3 Å². The number of thiocarbonyl (C=S) groups is 1. The molecule has 1 atom stereocenters. The summed E-state index contributed by atoms with van der Waals surface area (Å²) in [6.45, 7) is 2.17. The molecule has 1 saturated carbocycles. The van der Waals surface area contributed by atoms with Gasteiger partial charge in [0.15, 0.2) is 5.11 Å². The van der Waals surface area contributed by atoms with Crippen LogP contribution in [0.4, 0.5) is 0 Å². The summed E-state index contributed by atoms with van der Waals surface area (Å²) in [6.07, 6.45) is 6.48. The summed E-state index contributed by atoms with van der Waals surface area (Å²) in [6, 6.07) is 9.04. The highest BCUT2D eigenvalue weighted by Gasteiger charge is 2.21. The number of thiazole rings is 1. The number of nitrogens with one attached hydrogen (secondary N) is 1. The molecular weight excluding hydrogens is 310 g/mol. The van der Waals surface area contributed by atoms with Crippen LogP contribution < -0.4 is 5.32 Å². The van der Waals surface area contributed by atoms with Crippen molar-refractivity contribution in [2.24, 2.45) is 0 Å². The van der Waals surface area contributed by atoms with E-state index >= 15 is 0 Å². The van der Waals surface area contributed by atoms with Gasteiger partial charge in [-0.15, -0.1) is 11.3 Å². The number of rotatable bonds is 3. The van der Waals surface area contributed by atoms with Crippen molar-refractivity contribution in [1.29, 1.82) is 0 Å². The van der Waals surface area contributed by atoms with E-state index in [-0.39, 0.29) is 6.04 Å². The van der Waals surface area contributed by atoms with Gasteiger partial charge >= 0.3 is 0 Å². The predicted octanol–water partition coefficient (Wildman–Crippen LogP) is 4.50. The number of para-hydroxylation sites is 1. The van der Waals surface area contributed by atoms with Crippen LogP contribution in [0.15, 0.2) is 24.3 Å². The van der Waals surface area contributed by atoms with Crippen molar-refractivity contribution in [2.45, 2.75) is 51.1 Å². The smallest absolute Gasteiger partial charge is 0.169 e. The van der Waals surface area contributed by atoms with E-state index in [9.17, 15) is 0 Å². The minimum absolute atomic E-state index is 0.195. The Morgan fingerprint density at radius 3 is 2.77 bits per heavy atom. The summed E-state index contributed by atoms with van der Waals surface area (Å²) in [5, 5.41) is 5.50. The second kappa shape index (κ2) is 6.92. The van der Waals surface area contributed by atoms with Gasteiger partial charge in [-0.1, -0.05) is 31.4 Å². The topological polar surface area (TPSA) is 28.2 Å². The van der Waals surface area contributed by atoms with Gasteiger partial charge in [0, 0.05) is 13.1 Å². The molecule has 22 heavy (non-hydrogen) atoms.